The SMILES string of the molecule is O=P1(O)Oc2c(-c3ccccc3O)cc3ccccc3c2-c2c(c(-c3ccccc3O)cc3ccccc23)O1. The lowest BCUT2D eigenvalue weighted by atomic mass is 9.86. The Bertz CT molecular complexity index is 1860. The van der Waals surface area contributed by atoms with Crippen molar-refractivity contribution in [2.24, 2.45) is 0 Å². The van der Waals surface area contributed by atoms with Crippen LogP contribution >= 0.6 is 7.82 Å². The second kappa shape index (κ2) is 8.63. The Labute approximate surface area is 223 Å². The summed E-state index contributed by atoms with van der Waals surface area (Å²) in [6.07, 6.45) is 0. The first-order chi connectivity index (χ1) is 18.9. The second-order valence-corrected chi connectivity index (χ2v) is 10.7. The maximum Gasteiger partial charge on any atom is 0.584 e. The molecular weight excluding hydrogens is 511 g/mol. The van der Waals surface area contributed by atoms with Crippen LogP contribution in [0, 0.1) is 0 Å². The zero-order valence-corrected chi connectivity index (χ0v) is 21.3. The quantitative estimate of drug-likeness (QED) is 0.194. The standard InChI is InChI=1S/C32H21O6P/c33-27-15-7-5-13-23(27)25-17-19-9-1-3-11-21(19)29-30-22-12-4-2-10-20(22)18-26(24-14-6-8-16-28(24)34)32(30)38-39(35,36)37-31(25)29/h1-18,33-34H,(H,35,36). The lowest BCUT2D eigenvalue weighted by molar-refractivity contribution is 0.295. The van der Waals surface area contributed by atoms with E-state index in [-0.39, 0.29) is 23.0 Å². The van der Waals surface area contributed by atoms with E-state index in [0.29, 0.717) is 33.4 Å². The van der Waals surface area contributed by atoms with Gasteiger partial charge in [-0.2, -0.15) is 0 Å². The molecule has 7 heteroatoms. The van der Waals surface area contributed by atoms with Crippen LogP contribution < -0.4 is 9.05 Å². The Hall–Kier alpha value is -4.77. The van der Waals surface area contributed by atoms with Gasteiger partial charge in [0.25, 0.3) is 0 Å². The van der Waals surface area contributed by atoms with Gasteiger partial charge in [-0.15, -0.1) is 0 Å². The predicted octanol–water partition coefficient (Wildman–Crippen LogP) is 8.28. The van der Waals surface area contributed by atoms with Crippen LogP contribution in [0.2, 0.25) is 0 Å². The Morgan fingerprint density at radius 2 is 0.897 bits per heavy atom. The van der Waals surface area contributed by atoms with Crippen molar-refractivity contribution in [1.82, 2.24) is 0 Å². The average molecular weight is 532 g/mol. The highest BCUT2D eigenvalue weighted by Gasteiger charge is 2.38. The van der Waals surface area contributed by atoms with E-state index in [1.165, 1.54) is 0 Å². The number of phosphoric acid groups is 1. The van der Waals surface area contributed by atoms with E-state index in [1.54, 1.807) is 48.5 Å². The van der Waals surface area contributed by atoms with Crippen molar-refractivity contribution in [3.8, 4) is 56.4 Å². The molecule has 0 unspecified atom stereocenters. The predicted molar refractivity (Wildman–Crippen MR) is 152 cm³/mol. The van der Waals surface area contributed by atoms with Crippen LogP contribution in [0.5, 0.6) is 23.0 Å². The summed E-state index contributed by atoms with van der Waals surface area (Å²) in [7, 11) is -4.74. The number of aromatic hydroxyl groups is 2. The van der Waals surface area contributed by atoms with Crippen molar-refractivity contribution >= 4 is 29.4 Å². The van der Waals surface area contributed by atoms with Crippen molar-refractivity contribution in [3.63, 3.8) is 0 Å². The molecule has 0 radical (unpaired) electrons. The van der Waals surface area contributed by atoms with Crippen LogP contribution in [0.25, 0.3) is 54.9 Å². The average Bonchev–Trinajstić information content (AvgIpc) is 3.06. The summed E-state index contributed by atoms with van der Waals surface area (Å²) < 4.78 is 25.3. The molecule has 7 rings (SSSR count). The molecule has 0 amide bonds. The van der Waals surface area contributed by atoms with Crippen molar-refractivity contribution in [2.45, 2.75) is 0 Å². The molecule has 0 aliphatic carbocycles. The molecule has 1 aliphatic heterocycles. The van der Waals surface area contributed by atoms with Crippen LogP contribution in [0.15, 0.2) is 109 Å². The third kappa shape index (κ3) is 3.73. The molecule has 0 spiro atoms. The van der Waals surface area contributed by atoms with Crippen LogP contribution in [-0.2, 0) is 4.57 Å². The number of rotatable bonds is 2. The van der Waals surface area contributed by atoms with E-state index in [2.05, 4.69) is 0 Å². The number of phosphoric ester groups is 1. The Balaban J connectivity index is 1.73. The van der Waals surface area contributed by atoms with Crippen LogP contribution in [0.1, 0.15) is 0 Å². The molecule has 0 saturated carbocycles. The van der Waals surface area contributed by atoms with E-state index in [9.17, 15) is 19.7 Å². The second-order valence-electron chi connectivity index (χ2n) is 9.38. The minimum absolute atomic E-state index is 0.00422. The number of hydrogen-bond acceptors (Lipinski definition) is 5. The van der Waals surface area contributed by atoms with Crippen molar-refractivity contribution < 1.29 is 28.7 Å². The van der Waals surface area contributed by atoms with Gasteiger partial charge >= 0.3 is 7.82 Å². The molecule has 39 heavy (non-hydrogen) atoms. The van der Waals surface area contributed by atoms with Gasteiger partial charge in [-0.25, -0.2) is 4.57 Å². The summed E-state index contributed by atoms with van der Waals surface area (Å²) in [6, 6.07) is 32.6. The summed E-state index contributed by atoms with van der Waals surface area (Å²) in [6.45, 7) is 0. The van der Waals surface area contributed by atoms with Gasteiger partial charge < -0.3 is 19.3 Å². The molecule has 6 aromatic carbocycles. The Morgan fingerprint density at radius 1 is 0.513 bits per heavy atom. The number of phenols is 2. The van der Waals surface area contributed by atoms with Crippen LogP contribution in [0.4, 0.5) is 0 Å². The molecule has 0 fully saturated rings. The smallest absolute Gasteiger partial charge is 0.507 e. The summed E-state index contributed by atoms with van der Waals surface area (Å²) in [5.74, 6) is 0.257. The lowest BCUT2D eigenvalue weighted by Gasteiger charge is -2.19. The molecule has 3 N–H and O–H groups in total. The normalized spacial score (nSPS) is 13.7. The first-order valence-electron chi connectivity index (χ1n) is 12.3. The van der Waals surface area contributed by atoms with Crippen molar-refractivity contribution in [1.29, 1.82) is 0 Å². The molecule has 6 aromatic rings. The summed E-state index contributed by atoms with van der Waals surface area (Å²) in [5, 5.41) is 24.8. The molecule has 0 aromatic heterocycles. The molecular formula is C32H21O6P. The maximum absolute atomic E-state index is 13.6. The van der Waals surface area contributed by atoms with E-state index in [0.717, 1.165) is 21.5 Å². The van der Waals surface area contributed by atoms with Crippen molar-refractivity contribution in [2.75, 3.05) is 0 Å². The fourth-order valence-electron chi connectivity index (χ4n) is 5.40. The topological polar surface area (TPSA) is 96.2 Å². The zero-order chi connectivity index (χ0) is 26.7. The molecule has 190 valence electrons. The van der Waals surface area contributed by atoms with Crippen LogP contribution in [0.3, 0.4) is 0 Å². The lowest BCUT2D eigenvalue weighted by Crippen LogP contribution is -2.00. The first-order valence-corrected chi connectivity index (χ1v) is 13.8. The van der Waals surface area contributed by atoms with Gasteiger partial charge in [-0.3, -0.25) is 4.89 Å². The molecule has 0 saturated heterocycles. The largest absolute Gasteiger partial charge is 0.584 e. The van der Waals surface area contributed by atoms with E-state index < -0.39 is 7.82 Å². The molecule has 0 bridgehead atoms. The van der Waals surface area contributed by atoms with Crippen molar-refractivity contribution in [3.05, 3.63) is 109 Å². The first kappa shape index (κ1) is 23.4. The van der Waals surface area contributed by atoms with E-state index >= 15 is 0 Å². The number of fused-ring (bicyclic) bond motifs is 7. The molecule has 0 atom stereocenters. The monoisotopic (exact) mass is 532 g/mol. The van der Waals surface area contributed by atoms with Gasteiger partial charge in [-0.05, 0) is 45.8 Å². The van der Waals surface area contributed by atoms with Gasteiger partial charge in [0.1, 0.15) is 23.0 Å². The molecule has 1 aliphatic rings. The number of benzene rings is 6. The maximum atomic E-state index is 13.6. The third-order valence-electron chi connectivity index (χ3n) is 7.06. The number of para-hydroxylation sites is 2. The zero-order valence-electron chi connectivity index (χ0n) is 20.4. The number of phenolic OH excluding ortho intramolecular Hbond substituents is 2. The minimum atomic E-state index is -4.74. The van der Waals surface area contributed by atoms with Gasteiger partial charge in [0, 0.05) is 33.4 Å². The van der Waals surface area contributed by atoms with Gasteiger partial charge in [-0.1, -0.05) is 84.9 Å². The Morgan fingerprint density at radius 3 is 1.33 bits per heavy atom. The van der Waals surface area contributed by atoms with E-state index in [4.69, 9.17) is 9.05 Å². The fourth-order valence-corrected chi connectivity index (χ4v) is 6.27. The highest BCUT2D eigenvalue weighted by Crippen LogP contribution is 2.62. The van der Waals surface area contributed by atoms with E-state index in [1.807, 2.05) is 60.7 Å². The highest BCUT2D eigenvalue weighted by molar-refractivity contribution is 7.48. The highest BCUT2D eigenvalue weighted by atomic mass is 31.2. The summed E-state index contributed by atoms with van der Waals surface area (Å²) >= 11 is 0. The van der Waals surface area contributed by atoms with Gasteiger partial charge in [0.05, 0.1) is 0 Å². The van der Waals surface area contributed by atoms with Crippen LogP contribution in [-0.4, -0.2) is 15.1 Å². The fraction of sp³-hybridized carbons (Fsp3) is 0. The third-order valence-corrected chi connectivity index (χ3v) is 7.88. The van der Waals surface area contributed by atoms with Gasteiger partial charge in [0.2, 0.25) is 0 Å². The summed E-state index contributed by atoms with van der Waals surface area (Å²) in [4.78, 5) is 11.1. The molecule has 6 nitrogen and oxygen atoms in total. The van der Waals surface area contributed by atoms with Gasteiger partial charge in [0.15, 0.2) is 0 Å². The number of hydrogen-bond donors (Lipinski definition) is 3. The molecule has 1 heterocycles. The summed E-state index contributed by atoms with van der Waals surface area (Å²) in [5.41, 5.74) is 2.91. The minimum Gasteiger partial charge on any atom is -0.507 e. The Kier molecular flexibility index (Phi) is 5.17.